The minimum atomic E-state index is -0.954. The summed E-state index contributed by atoms with van der Waals surface area (Å²) in [6, 6.07) is 16.8. The topological polar surface area (TPSA) is 73.6 Å². The van der Waals surface area contributed by atoms with Crippen molar-refractivity contribution in [3.63, 3.8) is 0 Å². The van der Waals surface area contributed by atoms with Gasteiger partial charge in [0.1, 0.15) is 6.54 Å². The van der Waals surface area contributed by atoms with Crippen molar-refractivity contribution in [2.75, 3.05) is 18.2 Å². The molecule has 0 aromatic heterocycles. The summed E-state index contributed by atoms with van der Waals surface area (Å²) in [6.07, 6.45) is 0.633. The van der Waals surface area contributed by atoms with Gasteiger partial charge in [0.05, 0.1) is 23.9 Å². The van der Waals surface area contributed by atoms with Gasteiger partial charge in [-0.05, 0) is 48.7 Å². The summed E-state index contributed by atoms with van der Waals surface area (Å²) in [7, 11) is 0. The van der Waals surface area contributed by atoms with Crippen LogP contribution in [0.25, 0.3) is 0 Å². The van der Waals surface area contributed by atoms with Gasteiger partial charge in [0.15, 0.2) is 0 Å². The molecule has 2 aromatic carbocycles. The standard InChI is InChI=1S/C18H18N2O3/c1-14-3-2-4-17(11-14)20(13-18(21)22)23-10-9-15-5-7-16(12-19)8-6-15/h2-8,11H,9-10,13H2,1H3,(H,21,22). The van der Waals surface area contributed by atoms with Crippen LogP contribution < -0.4 is 5.06 Å². The molecule has 23 heavy (non-hydrogen) atoms. The second-order valence-corrected chi connectivity index (χ2v) is 5.16. The fraction of sp³-hybridized carbons (Fsp3) is 0.222. The molecule has 0 heterocycles. The molecule has 0 aliphatic rings. The molecule has 118 valence electrons. The largest absolute Gasteiger partial charge is 0.480 e. The Morgan fingerprint density at radius 1 is 1.26 bits per heavy atom. The molecular formula is C18H18N2O3. The van der Waals surface area contributed by atoms with Gasteiger partial charge in [0, 0.05) is 0 Å². The highest BCUT2D eigenvalue weighted by Gasteiger charge is 2.12. The van der Waals surface area contributed by atoms with Crippen LogP contribution in [0.1, 0.15) is 16.7 Å². The van der Waals surface area contributed by atoms with E-state index in [4.69, 9.17) is 15.2 Å². The number of nitrogens with zero attached hydrogens (tertiary/aromatic N) is 2. The third-order valence-electron chi connectivity index (χ3n) is 3.29. The van der Waals surface area contributed by atoms with Crippen molar-refractivity contribution in [3.8, 4) is 6.07 Å². The van der Waals surface area contributed by atoms with Crippen molar-refractivity contribution in [2.24, 2.45) is 0 Å². The van der Waals surface area contributed by atoms with Gasteiger partial charge in [-0.1, -0.05) is 24.3 Å². The van der Waals surface area contributed by atoms with Gasteiger partial charge in [-0.25, -0.2) is 5.06 Å². The Bertz CT molecular complexity index is 705. The highest BCUT2D eigenvalue weighted by atomic mass is 16.7. The number of carbonyl (C=O) groups is 1. The molecule has 5 heteroatoms. The minimum absolute atomic E-state index is 0.225. The number of aryl methyl sites for hydroxylation is 1. The molecule has 0 saturated carbocycles. The first-order valence-electron chi connectivity index (χ1n) is 7.26. The quantitative estimate of drug-likeness (QED) is 0.796. The second-order valence-electron chi connectivity index (χ2n) is 5.16. The molecule has 0 radical (unpaired) electrons. The summed E-state index contributed by atoms with van der Waals surface area (Å²) in [6.45, 7) is 2.07. The lowest BCUT2D eigenvalue weighted by Crippen LogP contribution is -2.30. The maximum atomic E-state index is 11.0. The minimum Gasteiger partial charge on any atom is -0.480 e. The number of aliphatic carboxylic acids is 1. The van der Waals surface area contributed by atoms with E-state index in [9.17, 15) is 4.79 Å². The van der Waals surface area contributed by atoms with Gasteiger partial charge >= 0.3 is 5.97 Å². The molecule has 2 rings (SSSR count). The van der Waals surface area contributed by atoms with Crippen LogP contribution in [0.2, 0.25) is 0 Å². The average molecular weight is 310 g/mol. The summed E-state index contributed by atoms with van der Waals surface area (Å²) in [5, 5.41) is 19.2. The Morgan fingerprint density at radius 3 is 2.61 bits per heavy atom. The molecule has 2 aromatic rings. The Balaban J connectivity index is 1.98. The Kier molecular flexibility index (Phi) is 5.73. The van der Waals surface area contributed by atoms with Crippen molar-refractivity contribution in [1.82, 2.24) is 0 Å². The fourth-order valence-electron chi connectivity index (χ4n) is 2.14. The van der Waals surface area contributed by atoms with E-state index in [1.165, 1.54) is 5.06 Å². The summed E-state index contributed by atoms with van der Waals surface area (Å²) in [4.78, 5) is 16.7. The number of hydrogen-bond acceptors (Lipinski definition) is 4. The monoisotopic (exact) mass is 310 g/mol. The van der Waals surface area contributed by atoms with E-state index < -0.39 is 5.97 Å². The van der Waals surface area contributed by atoms with E-state index in [2.05, 4.69) is 6.07 Å². The molecule has 0 saturated heterocycles. The number of anilines is 1. The number of carboxylic acid groups (broad SMARTS) is 1. The zero-order valence-electron chi connectivity index (χ0n) is 12.9. The van der Waals surface area contributed by atoms with Crippen molar-refractivity contribution >= 4 is 11.7 Å². The molecule has 1 N–H and O–H groups in total. The van der Waals surface area contributed by atoms with Crippen molar-refractivity contribution in [1.29, 1.82) is 5.26 Å². The van der Waals surface area contributed by atoms with E-state index in [1.807, 2.05) is 43.3 Å². The highest BCUT2D eigenvalue weighted by Crippen LogP contribution is 2.16. The Labute approximate surface area is 135 Å². The summed E-state index contributed by atoms with van der Waals surface area (Å²) in [5.74, 6) is -0.954. The van der Waals surface area contributed by atoms with Crippen LogP contribution in [0, 0.1) is 18.3 Å². The number of carboxylic acids is 1. The average Bonchev–Trinajstić information content (AvgIpc) is 2.54. The molecule has 0 bridgehead atoms. The lowest BCUT2D eigenvalue weighted by molar-refractivity contribution is -0.136. The highest BCUT2D eigenvalue weighted by molar-refractivity contribution is 5.73. The van der Waals surface area contributed by atoms with Crippen LogP contribution >= 0.6 is 0 Å². The van der Waals surface area contributed by atoms with Gasteiger partial charge in [0.25, 0.3) is 0 Å². The summed E-state index contributed by atoms with van der Waals surface area (Å²) >= 11 is 0. The van der Waals surface area contributed by atoms with Crippen molar-refractivity contribution in [2.45, 2.75) is 13.3 Å². The van der Waals surface area contributed by atoms with Crippen LogP contribution in [0.15, 0.2) is 48.5 Å². The Morgan fingerprint density at radius 2 is 2.00 bits per heavy atom. The van der Waals surface area contributed by atoms with Gasteiger partial charge in [0.2, 0.25) is 0 Å². The van der Waals surface area contributed by atoms with Crippen LogP contribution in [0.5, 0.6) is 0 Å². The SMILES string of the molecule is Cc1cccc(N(CC(=O)O)OCCc2ccc(C#N)cc2)c1. The van der Waals surface area contributed by atoms with Gasteiger partial charge in [-0.2, -0.15) is 5.26 Å². The smallest absolute Gasteiger partial charge is 0.325 e. The number of hydroxylamine groups is 1. The molecule has 0 spiro atoms. The molecule has 0 unspecified atom stereocenters. The van der Waals surface area contributed by atoms with Crippen LogP contribution in [0.4, 0.5) is 5.69 Å². The normalized spacial score (nSPS) is 10.1. The predicted molar refractivity (Wildman–Crippen MR) is 87.0 cm³/mol. The van der Waals surface area contributed by atoms with E-state index in [1.54, 1.807) is 12.1 Å². The maximum absolute atomic E-state index is 11.0. The van der Waals surface area contributed by atoms with Gasteiger partial charge in [-0.3, -0.25) is 9.63 Å². The summed E-state index contributed by atoms with van der Waals surface area (Å²) < 4.78 is 0. The molecule has 0 aliphatic carbocycles. The van der Waals surface area contributed by atoms with Crippen molar-refractivity contribution < 1.29 is 14.7 Å². The molecule has 0 aliphatic heterocycles. The first kappa shape index (κ1) is 16.5. The predicted octanol–water partition coefficient (Wildman–Crippen LogP) is 2.93. The van der Waals surface area contributed by atoms with E-state index >= 15 is 0 Å². The lowest BCUT2D eigenvalue weighted by atomic mass is 10.1. The molecule has 0 atom stereocenters. The number of nitriles is 1. The maximum Gasteiger partial charge on any atom is 0.325 e. The third-order valence-corrected chi connectivity index (χ3v) is 3.29. The molecule has 0 amide bonds. The third kappa shape index (κ3) is 5.13. The first-order chi connectivity index (χ1) is 11.1. The van der Waals surface area contributed by atoms with Crippen molar-refractivity contribution in [3.05, 3.63) is 65.2 Å². The van der Waals surface area contributed by atoms with E-state index in [0.717, 1.165) is 11.1 Å². The van der Waals surface area contributed by atoms with E-state index in [0.29, 0.717) is 24.3 Å². The zero-order chi connectivity index (χ0) is 16.7. The summed E-state index contributed by atoms with van der Waals surface area (Å²) in [5.41, 5.74) is 3.39. The van der Waals surface area contributed by atoms with Gasteiger partial charge in [-0.15, -0.1) is 0 Å². The van der Waals surface area contributed by atoms with Crippen LogP contribution in [-0.4, -0.2) is 24.2 Å². The number of benzene rings is 2. The number of hydrogen-bond donors (Lipinski definition) is 1. The zero-order valence-corrected chi connectivity index (χ0v) is 12.9. The van der Waals surface area contributed by atoms with E-state index in [-0.39, 0.29) is 6.54 Å². The number of rotatable bonds is 7. The first-order valence-corrected chi connectivity index (χ1v) is 7.26. The molecule has 5 nitrogen and oxygen atoms in total. The fourth-order valence-corrected chi connectivity index (χ4v) is 2.14. The van der Waals surface area contributed by atoms with Crippen LogP contribution in [-0.2, 0) is 16.1 Å². The molecular weight excluding hydrogens is 292 g/mol. The molecule has 0 fully saturated rings. The lowest BCUT2D eigenvalue weighted by Gasteiger charge is -2.22. The Hall–Kier alpha value is -2.84. The second kappa shape index (κ2) is 7.97. The van der Waals surface area contributed by atoms with Gasteiger partial charge < -0.3 is 5.11 Å². The van der Waals surface area contributed by atoms with Crippen LogP contribution in [0.3, 0.4) is 0 Å².